The van der Waals surface area contributed by atoms with Crippen LogP contribution in [0.25, 0.3) is 0 Å². The van der Waals surface area contributed by atoms with Gasteiger partial charge in [-0.25, -0.2) is 4.98 Å². The average molecular weight is 285 g/mol. The van der Waals surface area contributed by atoms with Crippen LogP contribution in [0.1, 0.15) is 36.5 Å². The molecule has 5 heteroatoms. The molecule has 0 amide bonds. The fraction of sp³-hybridized carbons (Fsp3) is 0.438. The summed E-state index contributed by atoms with van der Waals surface area (Å²) in [5.74, 6) is 1.58. The number of hydrogen-bond acceptors (Lipinski definition) is 4. The maximum Gasteiger partial charge on any atom is 0.309 e. The van der Waals surface area contributed by atoms with E-state index in [9.17, 15) is 4.79 Å². The predicted molar refractivity (Wildman–Crippen MR) is 77.7 cm³/mol. The molecule has 0 saturated heterocycles. The van der Waals surface area contributed by atoms with Crippen molar-refractivity contribution in [2.24, 2.45) is 5.92 Å². The Hall–Kier alpha value is -2.17. The van der Waals surface area contributed by atoms with Crippen molar-refractivity contribution in [3.8, 4) is 0 Å². The highest BCUT2D eigenvalue weighted by Gasteiger charge is 2.47. The number of esters is 1. The first-order valence-electron chi connectivity index (χ1n) is 7.39. The van der Waals surface area contributed by atoms with Gasteiger partial charge in [-0.3, -0.25) is 9.89 Å². The molecule has 0 bridgehead atoms. The normalized spacial score (nSPS) is 20.2. The topological polar surface area (TPSA) is 67.9 Å². The van der Waals surface area contributed by atoms with E-state index in [0.717, 1.165) is 30.9 Å². The van der Waals surface area contributed by atoms with Gasteiger partial charge < -0.3 is 4.74 Å². The molecular formula is C16H19N3O2. The molecule has 1 aromatic heterocycles. The standard InChI is InChI=1S/C16H19N3O2/c1-2-21-16(20)13-10-12(13)15-17-14(18-19-15)9-8-11-6-4-3-5-7-11/h3-7,12-13H,2,8-10H2,1H3,(H,17,18,19)/t12-,13-/m1/s1. The van der Waals surface area contributed by atoms with Crippen molar-refractivity contribution in [1.29, 1.82) is 0 Å². The zero-order chi connectivity index (χ0) is 14.7. The number of ether oxygens (including phenoxy) is 1. The van der Waals surface area contributed by atoms with Gasteiger partial charge in [0.05, 0.1) is 12.5 Å². The van der Waals surface area contributed by atoms with E-state index < -0.39 is 0 Å². The van der Waals surface area contributed by atoms with Gasteiger partial charge in [0, 0.05) is 12.3 Å². The average Bonchev–Trinajstić information content (AvgIpc) is 3.18. The van der Waals surface area contributed by atoms with Crippen LogP contribution >= 0.6 is 0 Å². The van der Waals surface area contributed by atoms with Gasteiger partial charge in [-0.1, -0.05) is 30.3 Å². The van der Waals surface area contributed by atoms with Gasteiger partial charge in [-0.2, -0.15) is 5.10 Å². The molecule has 1 aromatic carbocycles. The van der Waals surface area contributed by atoms with Crippen LogP contribution in [0.15, 0.2) is 30.3 Å². The quantitative estimate of drug-likeness (QED) is 0.827. The second-order valence-electron chi connectivity index (χ2n) is 5.33. The summed E-state index contributed by atoms with van der Waals surface area (Å²) in [4.78, 5) is 16.1. The first-order chi connectivity index (χ1) is 10.3. The van der Waals surface area contributed by atoms with Crippen molar-refractivity contribution in [3.63, 3.8) is 0 Å². The molecular weight excluding hydrogens is 266 g/mol. The van der Waals surface area contributed by atoms with Crippen molar-refractivity contribution in [2.75, 3.05) is 6.61 Å². The number of nitrogens with zero attached hydrogens (tertiary/aromatic N) is 2. The van der Waals surface area contributed by atoms with Crippen molar-refractivity contribution < 1.29 is 9.53 Å². The molecule has 3 rings (SSSR count). The minimum atomic E-state index is -0.127. The number of aromatic amines is 1. The molecule has 1 heterocycles. The lowest BCUT2D eigenvalue weighted by Gasteiger charge is -1.98. The second-order valence-corrected chi connectivity index (χ2v) is 5.33. The molecule has 1 saturated carbocycles. The molecule has 21 heavy (non-hydrogen) atoms. The Morgan fingerprint density at radius 1 is 1.33 bits per heavy atom. The Kier molecular flexibility index (Phi) is 3.99. The van der Waals surface area contributed by atoms with Gasteiger partial charge >= 0.3 is 5.97 Å². The summed E-state index contributed by atoms with van der Waals surface area (Å²) < 4.78 is 5.02. The van der Waals surface area contributed by atoms with Crippen molar-refractivity contribution in [1.82, 2.24) is 15.2 Å². The lowest BCUT2D eigenvalue weighted by Crippen LogP contribution is -2.07. The van der Waals surface area contributed by atoms with E-state index >= 15 is 0 Å². The number of H-pyrrole nitrogens is 1. The number of benzene rings is 1. The molecule has 110 valence electrons. The Labute approximate surface area is 123 Å². The van der Waals surface area contributed by atoms with Gasteiger partial charge in [0.15, 0.2) is 5.82 Å². The molecule has 0 spiro atoms. The van der Waals surface area contributed by atoms with E-state index in [1.54, 1.807) is 0 Å². The van der Waals surface area contributed by atoms with Crippen LogP contribution in [0.3, 0.4) is 0 Å². The van der Waals surface area contributed by atoms with Crippen LogP contribution < -0.4 is 0 Å². The van der Waals surface area contributed by atoms with Crippen molar-refractivity contribution in [2.45, 2.75) is 32.1 Å². The number of hydrogen-bond donors (Lipinski definition) is 1. The summed E-state index contributed by atoms with van der Waals surface area (Å²) in [5.41, 5.74) is 1.28. The first kappa shape index (κ1) is 13.8. The van der Waals surface area contributed by atoms with Crippen LogP contribution in [0.5, 0.6) is 0 Å². The number of aromatic nitrogens is 3. The minimum absolute atomic E-state index is 0.0530. The molecule has 1 aliphatic rings. The van der Waals surface area contributed by atoms with Gasteiger partial charge in [-0.15, -0.1) is 0 Å². The third kappa shape index (κ3) is 3.29. The van der Waals surface area contributed by atoms with Crippen LogP contribution in [-0.2, 0) is 22.4 Å². The summed E-state index contributed by atoms with van der Waals surface area (Å²) in [6.07, 6.45) is 2.56. The highest BCUT2D eigenvalue weighted by atomic mass is 16.5. The van der Waals surface area contributed by atoms with E-state index in [1.807, 2.05) is 25.1 Å². The van der Waals surface area contributed by atoms with Gasteiger partial charge in [0.1, 0.15) is 5.82 Å². The first-order valence-corrected chi connectivity index (χ1v) is 7.39. The summed E-state index contributed by atoms with van der Waals surface area (Å²) in [6, 6.07) is 10.3. The molecule has 5 nitrogen and oxygen atoms in total. The highest BCUT2D eigenvalue weighted by Crippen LogP contribution is 2.46. The third-order valence-electron chi connectivity index (χ3n) is 3.75. The molecule has 0 radical (unpaired) electrons. The SMILES string of the molecule is CCOC(=O)[C@@H]1C[C@H]1c1n[nH]c(CCc2ccccc2)n1. The van der Waals surface area contributed by atoms with Crippen LogP contribution in [-0.4, -0.2) is 27.8 Å². The summed E-state index contributed by atoms with van der Waals surface area (Å²) in [5, 5.41) is 7.21. The van der Waals surface area contributed by atoms with E-state index in [4.69, 9.17) is 4.74 Å². The fourth-order valence-corrected chi connectivity index (χ4v) is 2.49. The highest BCUT2D eigenvalue weighted by molar-refractivity contribution is 5.77. The third-order valence-corrected chi connectivity index (χ3v) is 3.75. The second kappa shape index (κ2) is 6.08. The Morgan fingerprint density at radius 2 is 2.14 bits per heavy atom. The Balaban J connectivity index is 1.54. The number of rotatable bonds is 6. The van der Waals surface area contributed by atoms with Crippen LogP contribution in [0.2, 0.25) is 0 Å². The van der Waals surface area contributed by atoms with E-state index in [-0.39, 0.29) is 17.8 Å². The van der Waals surface area contributed by atoms with Crippen LogP contribution in [0.4, 0.5) is 0 Å². The molecule has 2 atom stereocenters. The summed E-state index contributed by atoms with van der Waals surface area (Å²) in [7, 11) is 0. The lowest BCUT2D eigenvalue weighted by molar-refractivity contribution is -0.144. The number of aryl methyl sites for hydroxylation is 2. The number of nitrogens with one attached hydrogen (secondary N) is 1. The smallest absolute Gasteiger partial charge is 0.309 e. The maximum atomic E-state index is 11.6. The van der Waals surface area contributed by atoms with Gasteiger partial charge in [0.2, 0.25) is 0 Å². The molecule has 0 unspecified atom stereocenters. The Bertz CT molecular complexity index is 609. The minimum Gasteiger partial charge on any atom is -0.466 e. The number of carbonyl (C=O) groups is 1. The summed E-state index contributed by atoms with van der Waals surface area (Å²) >= 11 is 0. The van der Waals surface area contributed by atoms with E-state index in [2.05, 4.69) is 27.3 Å². The Morgan fingerprint density at radius 3 is 2.90 bits per heavy atom. The van der Waals surface area contributed by atoms with Crippen molar-refractivity contribution in [3.05, 3.63) is 47.5 Å². The molecule has 1 N–H and O–H groups in total. The fourth-order valence-electron chi connectivity index (χ4n) is 2.49. The van der Waals surface area contributed by atoms with Gasteiger partial charge in [-0.05, 0) is 25.3 Å². The molecule has 2 aromatic rings. The summed E-state index contributed by atoms with van der Waals surface area (Å²) in [6.45, 7) is 2.25. The van der Waals surface area contributed by atoms with Crippen molar-refractivity contribution >= 4 is 5.97 Å². The monoisotopic (exact) mass is 285 g/mol. The molecule has 0 aliphatic heterocycles. The zero-order valence-electron chi connectivity index (χ0n) is 12.1. The lowest BCUT2D eigenvalue weighted by atomic mass is 10.1. The zero-order valence-corrected chi connectivity index (χ0v) is 12.1. The largest absolute Gasteiger partial charge is 0.466 e. The molecule has 1 aliphatic carbocycles. The maximum absolute atomic E-state index is 11.6. The van der Waals surface area contributed by atoms with E-state index in [0.29, 0.717) is 6.61 Å². The van der Waals surface area contributed by atoms with E-state index in [1.165, 1.54) is 5.56 Å². The van der Waals surface area contributed by atoms with Crippen LogP contribution in [0, 0.1) is 5.92 Å². The molecule has 1 fully saturated rings. The van der Waals surface area contributed by atoms with Gasteiger partial charge in [0.25, 0.3) is 0 Å². The predicted octanol–water partition coefficient (Wildman–Crippen LogP) is 2.26. The number of carbonyl (C=O) groups excluding carboxylic acids is 1.